The fourth-order valence-electron chi connectivity index (χ4n) is 3.37. The lowest BCUT2D eigenvalue weighted by molar-refractivity contribution is -0.384. The molecule has 1 aromatic carbocycles. The second kappa shape index (κ2) is 5.05. The standard InChI is InChI=1S/C14H15ClN2O3/c15-12-6-9(4-5-13(12)17(19)20)14(18)16-7-10-2-1-3-11(10)8-16/h4-6,10-11H,1-3,7-8H2. The van der Waals surface area contributed by atoms with E-state index in [0.29, 0.717) is 17.4 Å². The smallest absolute Gasteiger partial charge is 0.287 e. The molecular formula is C14H15ClN2O3. The lowest BCUT2D eigenvalue weighted by Gasteiger charge is -2.17. The Hall–Kier alpha value is -1.62. The van der Waals surface area contributed by atoms with Crippen molar-refractivity contribution in [2.45, 2.75) is 19.3 Å². The number of nitrogens with zero attached hydrogens (tertiary/aromatic N) is 2. The maximum absolute atomic E-state index is 12.4. The molecular weight excluding hydrogens is 280 g/mol. The van der Waals surface area contributed by atoms with Gasteiger partial charge >= 0.3 is 0 Å². The summed E-state index contributed by atoms with van der Waals surface area (Å²) in [6.07, 6.45) is 3.67. The van der Waals surface area contributed by atoms with Gasteiger partial charge in [-0.1, -0.05) is 18.0 Å². The first-order chi connectivity index (χ1) is 9.56. The van der Waals surface area contributed by atoms with Gasteiger partial charge in [0.2, 0.25) is 0 Å². The SMILES string of the molecule is O=C(c1ccc([N+](=O)[O-])c(Cl)c1)N1CC2CCCC2C1. The number of nitro benzene ring substituents is 1. The molecule has 3 rings (SSSR count). The van der Waals surface area contributed by atoms with E-state index in [4.69, 9.17) is 11.6 Å². The molecule has 2 aliphatic rings. The van der Waals surface area contributed by atoms with E-state index < -0.39 is 4.92 Å². The highest BCUT2D eigenvalue weighted by molar-refractivity contribution is 6.33. The molecule has 1 amide bonds. The third kappa shape index (κ3) is 2.26. The topological polar surface area (TPSA) is 63.4 Å². The molecule has 20 heavy (non-hydrogen) atoms. The Kier molecular flexibility index (Phi) is 3.38. The van der Waals surface area contributed by atoms with Crippen LogP contribution in [-0.4, -0.2) is 28.8 Å². The van der Waals surface area contributed by atoms with Gasteiger partial charge in [-0.2, -0.15) is 0 Å². The number of benzene rings is 1. The van der Waals surface area contributed by atoms with E-state index in [1.807, 2.05) is 4.90 Å². The van der Waals surface area contributed by atoms with Gasteiger partial charge in [0, 0.05) is 24.7 Å². The molecule has 106 valence electrons. The predicted octanol–water partition coefficient (Wildman–Crippen LogP) is 3.12. The van der Waals surface area contributed by atoms with Gasteiger partial charge in [-0.15, -0.1) is 0 Å². The van der Waals surface area contributed by atoms with Crippen molar-refractivity contribution in [2.75, 3.05) is 13.1 Å². The van der Waals surface area contributed by atoms with E-state index in [9.17, 15) is 14.9 Å². The number of nitro groups is 1. The molecule has 5 nitrogen and oxygen atoms in total. The summed E-state index contributed by atoms with van der Waals surface area (Å²) >= 11 is 5.86. The van der Waals surface area contributed by atoms with Gasteiger partial charge < -0.3 is 4.90 Å². The van der Waals surface area contributed by atoms with Crippen LogP contribution < -0.4 is 0 Å². The first-order valence-corrected chi connectivity index (χ1v) is 7.17. The molecule has 1 aromatic rings. The molecule has 6 heteroatoms. The van der Waals surface area contributed by atoms with Gasteiger partial charge in [-0.3, -0.25) is 14.9 Å². The van der Waals surface area contributed by atoms with E-state index >= 15 is 0 Å². The van der Waals surface area contributed by atoms with Crippen molar-refractivity contribution < 1.29 is 9.72 Å². The maximum Gasteiger partial charge on any atom is 0.287 e. The number of hydrogen-bond acceptors (Lipinski definition) is 3. The Morgan fingerprint density at radius 3 is 2.50 bits per heavy atom. The summed E-state index contributed by atoms with van der Waals surface area (Å²) in [6.45, 7) is 1.61. The molecule has 0 bridgehead atoms. The van der Waals surface area contributed by atoms with Crippen LogP contribution in [0, 0.1) is 22.0 Å². The van der Waals surface area contributed by atoms with Crippen LogP contribution in [-0.2, 0) is 0 Å². The van der Waals surface area contributed by atoms with Gasteiger partial charge in [-0.25, -0.2) is 0 Å². The zero-order chi connectivity index (χ0) is 14.3. The minimum Gasteiger partial charge on any atom is -0.338 e. The molecule has 1 saturated heterocycles. The number of hydrogen-bond donors (Lipinski definition) is 0. The normalized spacial score (nSPS) is 24.8. The van der Waals surface area contributed by atoms with E-state index in [1.54, 1.807) is 0 Å². The predicted molar refractivity (Wildman–Crippen MR) is 74.8 cm³/mol. The van der Waals surface area contributed by atoms with Gasteiger partial charge in [0.15, 0.2) is 0 Å². The first-order valence-electron chi connectivity index (χ1n) is 6.79. The number of amides is 1. The Morgan fingerprint density at radius 2 is 1.95 bits per heavy atom. The number of halogens is 1. The minimum atomic E-state index is -0.545. The summed E-state index contributed by atoms with van der Waals surface area (Å²) in [5.41, 5.74) is 0.266. The molecule has 1 aliphatic carbocycles. The largest absolute Gasteiger partial charge is 0.338 e. The number of rotatable bonds is 2. The summed E-state index contributed by atoms with van der Waals surface area (Å²) in [6, 6.07) is 4.18. The highest BCUT2D eigenvalue weighted by Gasteiger charge is 2.38. The van der Waals surface area contributed by atoms with Crippen molar-refractivity contribution in [3.05, 3.63) is 38.9 Å². The van der Waals surface area contributed by atoms with E-state index in [-0.39, 0.29) is 16.6 Å². The number of carbonyl (C=O) groups is 1. The zero-order valence-electron chi connectivity index (χ0n) is 10.9. The van der Waals surface area contributed by atoms with Gasteiger partial charge in [0.25, 0.3) is 11.6 Å². The molecule has 0 radical (unpaired) electrons. The summed E-state index contributed by atoms with van der Waals surface area (Å²) in [4.78, 5) is 24.4. The van der Waals surface area contributed by atoms with Gasteiger partial charge in [0.1, 0.15) is 5.02 Å². The van der Waals surface area contributed by atoms with Crippen molar-refractivity contribution >= 4 is 23.2 Å². The fourth-order valence-corrected chi connectivity index (χ4v) is 3.62. The molecule has 0 aromatic heterocycles. The fraction of sp³-hybridized carbons (Fsp3) is 0.500. The highest BCUT2D eigenvalue weighted by Crippen LogP contribution is 2.38. The van der Waals surface area contributed by atoms with Crippen LogP contribution in [0.4, 0.5) is 5.69 Å². The number of fused-ring (bicyclic) bond motifs is 1. The molecule has 0 N–H and O–H groups in total. The Morgan fingerprint density at radius 1 is 1.30 bits per heavy atom. The van der Waals surface area contributed by atoms with Gasteiger partial charge in [-0.05, 0) is 36.8 Å². The minimum absolute atomic E-state index is 0.0141. The second-order valence-corrected chi connectivity index (χ2v) is 5.99. The van der Waals surface area contributed by atoms with Crippen LogP contribution in [0.2, 0.25) is 5.02 Å². The Balaban J connectivity index is 1.78. The summed E-state index contributed by atoms with van der Waals surface area (Å²) in [5.74, 6) is 1.19. The highest BCUT2D eigenvalue weighted by atomic mass is 35.5. The maximum atomic E-state index is 12.4. The zero-order valence-corrected chi connectivity index (χ0v) is 11.7. The van der Waals surface area contributed by atoms with Crippen molar-refractivity contribution in [2.24, 2.45) is 11.8 Å². The first kappa shape index (κ1) is 13.4. The summed E-state index contributed by atoms with van der Waals surface area (Å²) < 4.78 is 0. The average molecular weight is 295 g/mol. The molecule has 1 heterocycles. The third-order valence-electron chi connectivity index (χ3n) is 4.40. The van der Waals surface area contributed by atoms with Crippen LogP contribution in [0.15, 0.2) is 18.2 Å². The lowest BCUT2D eigenvalue weighted by Crippen LogP contribution is -2.29. The van der Waals surface area contributed by atoms with Crippen molar-refractivity contribution in [1.82, 2.24) is 4.90 Å². The van der Waals surface area contributed by atoms with Crippen LogP contribution in [0.5, 0.6) is 0 Å². The Bertz CT molecular complexity index is 564. The van der Waals surface area contributed by atoms with Crippen molar-refractivity contribution in [3.8, 4) is 0 Å². The lowest BCUT2D eigenvalue weighted by atomic mass is 10.0. The third-order valence-corrected chi connectivity index (χ3v) is 4.71. The number of carbonyl (C=O) groups excluding carboxylic acids is 1. The van der Waals surface area contributed by atoms with Crippen LogP contribution >= 0.6 is 11.6 Å². The van der Waals surface area contributed by atoms with Crippen molar-refractivity contribution in [3.63, 3.8) is 0 Å². The second-order valence-electron chi connectivity index (χ2n) is 5.58. The van der Waals surface area contributed by atoms with E-state index in [0.717, 1.165) is 13.1 Å². The van der Waals surface area contributed by atoms with E-state index in [1.165, 1.54) is 37.5 Å². The monoisotopic (exact) mass is 294 g/mol. The quantitative estimate of drug-likeness (QED) is 0.622. The molecule has 1 saturated carbocycles. The summed E-state index contributed by atoms with van der Waals surface area (Å²) in [5, 5.41) is 10.7. The van der Waals surface area contributed by atoms with E-state index in [2.05, 4.69) is 0 Å². The van der Waals surface area contributed by atoms with Gasteiger partial charge in [0.05, 0.1) is 4.92 Å². The molecule has 2 fully saturated rings. The Labute approximate surface area is 121 Å². The average Bonchev–Trinajstić information content (AvgIpc) is 2.97. The van der Waals surface area contributed by atoms with Crippen LogP contribution in [0.25, 0.3) is 0 Å². The van der Waals surface area contributed by atoms with Crippen LogP contribution in [0.1, 0.15) is 29.6 Å². The molecule has 2 unspecified atom stereocenters. The molecule has 0 spiro atoms. The summed E-state index contributed by atoms with van der Waals surface area (Å²) in [7, 11) is 0. The number of likely N-dealkylation sites (tertiary alicyclic amines) is 1. The van der Waals surface area contributed by atoms with Crippen molar-refractivity contribution in [1.29, 1.82) is 0 Å². The van der Waals surface area contributed by atoms with Crippen LogP contribution in [0.3, 0.4) is 0 Å². The molecule has 2 atom stereocenters. The molecule has 1 aliphatic heterocycles.